The van der Waals surface area contributed by atoms with Crippen molar-refractivity contribution in [2.24, 2.45) is 5.73 Å². The Bertz CT molecular complexity index is 512. The molecule has 0 aliphatic carbocycles. The summed E-state index contributed by atoms with van der Waals surface area (Å²) in [5, 5.41) is 16.0. The standard InChI is InChI=1S/C11H12N4O2S/c12-9(5-7-1-3-8(16)4-2-7)11(17)14-10-6-13-15-18-10/h1-4,6,9,16H,5,12H2,(H,14,17). The molecule has 1 amide bonds. The number of phenols is 1. The highest BCUT2D eigenvalue weighted by atomic mass is 32.1. The van der Waals surface area contributed by atoms with Gasteiger partial charge in [-0.1, -0.05) is 16.6 Å². The van der Waals surface area contributed by atoms with Gasteiger partial charge in [-0.3, -0.25) is 4.79 Å². The Labute approximate surface area is 108 Å². The van der Waals surface area contributed by atoms with E-state index in [9.17, 15) is 4.79 Å². The van der Waals surface area contributed by atoms with Crippen LogP contribution in [0.3, 0.4) is 0 Å². The Morgan fingerprint density at radius 3 is 2.78 bits per heavy atom. The monoisotopic (exact) mass is 264 g/mol. The summed E-state index contributed by atoms with van der Waals surface area (Å²) in [6.45, 7) is 0. The average molecular weight is 264 g/mol. The molecule has 0 bridgehead atoms. The van der Waals surface area contributed by atoms with E-state index in [1.54, 1.807) is 24.3 Å². The fraction of sp³-hybridized carbons (Fsp3) is 0.182. The Morgan fingerprint density at radius 1 is 1.44 bits per heavy atom. The summed E-state index contributed by atoms with van der Waals surface area (Å²) in [6, 6.07) is 5.93. The normalized spacial score (nSPS) is 12.1. The van der Waals surface area contributed by atoms with Gasteiger partial charge >= 0.3 is 0 Å². The number of hydrogen-bond donors (Lipinski definition) is 3. The third-order valence-corrected chi connectivity index (χ3v) is 2.92. The first kappa shape index (κ1) is 12.5. The Hall–Kier alpha value is -1.99. The minimum Gasteiger partial charge on any atom is -0.508 e. The topological polar surface area (TPSA) is 101 Å². The van der Waals surface area contributed by atoms with Crippen LogP contribution in [0.25, 0.3) is 0 Å². The van der Waals surface area contributed by atoms with Gasteiger partial charge in [-0.05, 0) is 24.1 Å². The quantitative estimate of drug-likeness (QED) is 0.756. The largest absolute Gasteiger partial charge is 0.508 e. The lowest BCUT2D eigenvalue weighted by Crippen LogP contribution is -2.37. The van der Waals surface area contributed by atoms with Crippen molar-refractivity contribution in [3.8, 4) is 5.75 Å². The zero-order valence-corrected chi connectivity index (χ0v) is 10.2. The number of carbonyl (C=O) groups is 1. The first-order chi connectivity index (χ1) is 8.65. The van der Waals surface area contributed by atoms with E-state index in [-0.39, 0.29) is 11.7 Å². The fourth-order valence-corrected chi connectivity index (χ4v) is 1.84. The van der Waals surface area contributed by atoms with Gasteiger partial charge in [0.1, 0.15) is 10.8 Å². The Balaban J connectivity index is 1.93. The van der Waals surface area contributed by atoms with Gasteiger partial charge in [0, 0.05) is 11.5 Å². The van der Waals surface area contributed by atoms with Gasteiger partial charge in [-0.15, -0.1) is 5.10 Å². The van der Waals surface area contributed by atoms with Gasteiger partial charge < -0.3 is 16.2 Å². The highest BCUT2D eigenvalue weighted by molar-refractivity contribution is 7.10. The maximum atomic E-state index is 11.7. The molecule has 0 aliphatic heterocycles. The molecule has 18 heavy (non-hydrogen) atoms. The number of carbonyl (C=O) groups excluding carboxylic acids is 1. The zero-order chi connectivity index (χ0) is 13.0. The molecule has 1 aromatic heterocycles. The van der Waals surface area contributed by atoms with Crippen LogP contribution in [0.2, 0.25) is 0 Å². The van der Waals surface area contributed by atoms with Crippen LogP contribution in [0.5, 0.6) is 5.75 Å². The Kier molecular flexibility index (Phi) is 3.85. The number of hydrogen-bond acceptors (Lipinski definition) is 6. The highest BCUT2D eigenvalue weighted by Crippen LogP contribution is 2.12. The molecular formula is C11H12N4O2S. The van der Waals surface area contributed by atoms with Crippen molar-refractivity contribution in [2.75, 3.05) is 5.32 Å². The zero-order valence-electron chi connectivity index (χ0n) is 9.41. The van der Waals surface area contributed by atoms with E-state index in [4.69, 9.17) is 10.8 Å². The third kappa shape index (κ3) is 3.25. The predicted octanol–water partition coefficient (Wildman–Crippen LogP) is 0.752. The van der Waals surface area contributed by atoms with E-state index in [1.165, 1.54) is 6.20 Å². The summed E-state index contributed by atoms with van der Waals surface area (Å²) in [4.78, 5) is 11.7. The second-order valence-electron chi connectivity index (χ2n) is 3.75. The van der Waals surface area contributed by atoms with E-state index in [1.807, 2.05) is 0 Å². The number of nitrogens with zero attached hydrogens (tertiary/aromatic N) is 2. The van der Waals surface area contributed by atoms with Gasteiger partial charge in [0.15, 0.2) is 0 Å². The van der Waals surface area contributed by atoms with Gasteiger partial charge in [-0.2, -0.15) is 0 Å². The number of amides is 1. The van der Waals surface area contributed by atoms with Crippen LogP contribution in [0.4, 0.5) is 5.00 Å². The van der Waals surface area contributed by atoms with Crippen LogP contribution < -0.4 is 11.1 Å². The number of aromatic nitrogens is 2. The van der Waals surface area contributed by atoms with E-state index >= 15 is 0 Å². The highest BCUT2D eigenvalue weighted by Gasteiger charge is 2.15. The minimum atomic E-state index is -0.656. The molecule has 4 N–H and O–H groups in total. The van der Waals surface area contributed by atoms with Gasteiger partial charge in [0.25, 0.3) is 0 Å². The van der Waals surface area contributed by atoms with E-state index < -0.39 is 6.04 Å². The summed E-state index contributed by atoms with van der Waals surface area (Å²) in [5.74, 6) is -0.0957. The van der Waals surface area contributed by atoms with Crippen molar-refractivity contribution in [3.05, 3.63) is 36.0 Å². The Morgan fingerprint density at radius 2 is 2.17 bits per heavy atom. The fourth-order valence-electron chi connectivity index (χ4n) is 1.42. The number of anilines is 1. The summed E-state index contributed by atoms with van der Waals surface area (Å²) in [5.41, 5.74) is 6.68. The molecule has 1 atom stereocenters. The second kappa shape index (κ2) is 5.56. The molecule has 2 aromatic rings. The molecule has 7 heteroatoms. The van der Waals surface area contributed by atoms with Crippen molar-refractivity contribution >= 4 is 22.4 Å². The van der Waals surface area contributed by atoms with Crippen molar-refractivity contribution in [1.82, 2.24) is 9.59 Å². The lowest BCUT2D eigenvalue weighted by atomic mass is 10.1. The molecule has 1 heterocycles. The van der Waals surface area contributed by atoms with Crippen molar-refractivity contribution < 1.29 is 9.90 Å². The first-order valence-electron chi connectivity index (χ1n) is 5.27. The maximum absolute atomic E-state index is 11.7. The summed E-state index contributed by atoms with van der Waals surface area (Å²) >= 11 is 1.10. The number of nitrogens with two attached hydrogens (primary N) is 1. The van der Waals surface area contributed by atoms with Crippen LogP contribution >= 0.6 is 11.5 Å². The van der Waals surface area contributed by atoms with Crippen LogP contribution in [0.1, 0.15) is 5.56 Å². The second-order valence-corrected chi connectivity index (χ2v) is 4.53. The molecule has 0 spiro atoms. The van der Waals surface area contributed by atoms with E-state index in [0.717, 1.165) is 17.1 Å². The SMILES string of the molecule is NC(Cc1ccc(O)cc1)C(=O)Nc1cnns1. The maximum Gasteiger partial charge on any atom is 0.242 e. The molecule has 0 radical (unpaired) electrons. The van der Waals surface area contributed by atoms with Gasteiger partial charge in [0.2, 0.25) is 5.91 Å². The predicted molar refractivity (Wildman–Crippen MR) is 68.3 cm³/mol. The minimum absolute atomic E-state index is 0.188. The smallest absolute Gasteiger partial charge is 0.242 e. The molecular weight excluding hydrogens is 252 g/mol. The molecule has 6 nitrogen and oxygen atoms in total. The number of nitrogens with one attached hydrogen (secondary N) is 1. The lowest BCUT2D eigenvalue weighted by Gasteiger charge is -2.10. The van der Waals surface area contributed by atoms with E-state index in [0.29, 0.717) is 11.4 Å². The molecule has 0 saturated heterocycles. The number of benzene rings is 1. The van der Waals surface area contributed by atoms with Gasteiger partial charge in [-0.25, -0.2) is 0 Å². The third-order valence-electron chi connectivity index (χ3n) is 2.34. The van der Waals surface area contributed by atoms with Crippen LogP contribution in [0, 0.1) is 0 Å². The molecule has 0 saturated carbocycles. The first-order valence-corrected chi connectivity index (χ1v) is 6.04. The number of aromatic hydroxyl groups is 1. The van der Waals surface area contributed by atoms with Gasteiger partial charge in [0.05, 0.1) is 12.2 Å². The summed E-state index contributed by atoms with van der Waals surface area (Å²) in [6.07, 6.45) is 1.87. The lowest BCUT2D eigenvalue weighted by molar-refractivity contribution is -0.117. The van der Waals surface area contributed by atoms with Crippen LogP contribution in [-0.2, 0) is 11.2 Å². The molecule has 1 aromatic carbocycles. The summed E-state index contributed by atoms with van der Waals surface area (Å²) in [7, 11) is 0. The summed E-state index contributed by atoms with van der Waals surface area (Å²) < 4.78 is 3.64. The van der Waals surface area contributed by atoms with Crippen LogP contribution in [-0.4, -0.2) is 26.6 Å². The molecule has 94 valence electrons. The van der Waals surface area contributed by atoms with E-state index in [2.05, 4.69) is 14.9 Å². The van der Waals surface area contributed by atoms with Crippen molar-refractivity contribution in [2.45, 2.75) is 12.5 Å². The van der Waals surface area contributed by atoms with Crippen molar-refractivity contribution in [3.63, 3.8) is 0 Å². The van der Waals surface area contributed by atoms with Crippen molar-refractivity contribution in [1.29, 1.82) is 0 Å². The molecule has 0 aliphatic rings. The molecule has 2 rings (SSSR count). The molecule has 0 fully saturated rings. The average Bonchev–Trinajstić information content (AvgIpc) is 2.85. The molecule has 1 unspecified atom stereocenters. The number of phenolic OH excluding ortho intramolecular Hbond substituents is 1. The van der Waals surface area contributed by atoms with Crippen LogP contribution in [0.15, 0.2) is 30.5 Å². The number of rotatable bonds is 4.